The van der Waals surface area contributed by atoms with Crippen LogP contribution in [0.15, 0.2) is 35.6 Å². The monoisotopic (exact) mass is 373 g/mol. The molecule has 1 N–H and O–H groups in total. The molecule has 0 fully saturated rings. The number of Topliss-reactive ketones (excluding diaryl/α,β-unsaturated/α-hetero) is 1. The quantitative estimate of drug-likeness (QED) is 0.609. The van der Waals surface area contributed by atoms with Gasteiger partial charge in [-0.05, 0) is 36.5 Å². The molecule has 1 aromatic rings. The Morgan fingerprint density at radius 3 is 2.41 bits per heavy atom. The standard InChI is InChI=1S/C22H31NO4/c1-5-7-13-27-17-10-8-16(9-11-17)20-19(18(24)14-15(3)4)21(25)22(26)23(20)12-6-2/h8-11,15,20,25H,5-7,12-14H2,1-4H3. The minimum absolute atomic E-state index is 0.156. The average molecular weight is 373 g/mol. The molecule has 0 aliphatic carbocycles. The minimum Gasteiger partial charge on any atom is -0.503 e. The van der Waals surface area contributed by atoms with E-state index in [-0.39, 0.29) is 17.3 Å². The van der Waals surface area contributed by atoms with Crippen LogP contribution in [0.5, 0.6) is 5.75 Å². The lowest BCUT2D eigenvalue weighted by atomic mass is 9.92. The van der Waals surface area contributed by atoms with Crippen LogP contribution in [-0.2, 0) is 9.59 Å². The van der Waals surface area contributed by atoms with Gasteiger partial charge in [-0.1, -0.05) is 46.2 Å². The molecule has 0 saturated heterocycles. The van der Waals surface area contributed by atoms with E-state index in [1.807, 2.05) is 45.0 Å². The number of carbonyl (C=O) groups excluding carboxylic acids is 2. The van der Waals surface area contributed by atoms with Crippen molar-refractivity contribution < 1.29 is 19.4 Å². The zero-order chi connectivity index (χ0) is 20.0. The summed E-state index contributed by atoms with van der Waals surface area (Å²) in [6.45, 7) is 9.14. The Labute approximate surface area is 162 Å². The van der Waals surface area contributed by atoms with Crippen LogP contribution in [0.4, 0.5) is 0 Å². The van der Waals surface area contributed by atoms with Crippen molar-refractivity contribution in [1.29, 1.82) is 0 Å². The molecule has 1 aromatic carbocycles. The number of unbranched alkanes of at least 4 members (excludes halogenated alkanes) is 1. The third-order valence-electron chi connectivity index (χ3n) is 4.62. The number of hydrogen-bond donors (Lipinski definition) is 1. The van der Waals surface area contributed by atoms with Crippen molar-refractivity contribution >= 4 is 11.7 Å². The van der Waals surface area contributed by atoms with Crippen molar-refractivity contribution in [2.45, 2.75) is 59.4 Å². The van der Waals surface area contributed by atoms with E-state index in [9.17, 15) is 14.7 Å². The highest BCUT2D eigenvalue weighted by Crippen LogP contribution is 2.39. The van der Waals surface area contributed by atoms with Crippen LogP contribution in [0, 0.1) is 5.92 Å². The van der Waals surface area contributed by atoms with E-state index in [4.69, 9.17) is 4.74 Å². The Kier molecular flexibility index (Phi) is 7.45. The molecule has 0 aromatic heterocycles. The summed E-state index contributed by atoms with van der Waals surface area (Å²) in [7, 11) is 0. The molecule has 1 aliphatic rings. The lowest BCUT2D eigenvalue weighted by Gasteiger charge is -2.26. The second kappa shape index (κ2) is 9.58. The number of ether oxygens (including phenoxy) is 1. The van der Waals surface area contributed by atoms with Crippen LogP contribution < -0.4 is 4.74 Å². The third-order valence-corrected chi connectivity index (χ3v) is 4.62. The van der Waals surface area contributed by atoms with Crippen molar-refractivity contribution in [2.75, 3.05) is 13.2 Å². The summed E-state index contributed by atoms with van der Waals surface area (Å²) in [4.78, 5) is 26.9. The van der Waals surface area contributed by atoms with Gasteiger partial charge in [0.05, 0.1) is 18.2 Å². The predicted octanol–water partition coefficient (Wildman–Crippen LogP) is 4.59. The zero-order valence-corrected chi connectivity index (χ0v) is 16.8. The van der Waals surface area contributed by atoms with Crippen LogP contribution >= 0.6 is 0 Å². The second-order valence-electron chi connectivity index (χ2n) is 7.46. The molecule has 5 nitrogen and oxygen atoms in total. The molecule has 1 heterocycles. The summed E-state index contributed by atoms with van der Waals surface area (Å²) in [6.07, 6.45) is 3.12. The molecule has 0 spiro atoms. The Bertz CT molecular complexity index is 691. The van der Waals surface area contributed by atoms with Gasteiger partial charge < -0.3 is 14.7 Å². The maximum absolute atomic E-state index is 12.8. The van der Waals surface area contributed by atoms with Crippen LogP contribution in [0.25, 0.3) is 0 Å². The zero-order valence-electron chi connectivity index (χ0n) is 16.8. The first-order valence-corrected chi connectivity index (χ1v) is 9.90. The van der Waals surface area contributed by atoms with Gasteiger partial charge in [0.2, 0.25) is 0 Å². The van der Waals surface area contributed by atoms with E-state index in [2.05, 4.69) is 6.92 Å². The van der Waals surface area contributed by atoms with Crippen molar-refractivity contribution in [1.82, 2.24) is 4.90 Å². The highest BCUT2D eigenvalue weighted by atomic mass is 16.5. The van der Waals surface area contributed by atoms with Gasteiger partial charge in [0, 0.05) is 13.0 Å². The maximum Gasteiger partial charge on any atom is 0.290 e. The number of amides is 1. The lowest BCUT2D eigenvalue weighted by molar-refractivity contribution is -0.129. The minimum atomic E-state index is -0.534. The third kappa shape index (κ3) is 4.90. The van der Waals surface area contributed by atoms with Gasteiger partial charge in [-0.15, -0.1) is 0 Å². The van der Waals surface area contributed by atoms with Gasteiger partial charge in [0.15, 0.2) is 11.5 Å². The first kappa shape index (κ1) is 21.0. The topological polar surface area (TPSA) is 66.8 Å². The number of benzene rings is 1. The Morgan fingerprint density at radius 1 is 1.19 bits per heavy atom. The van der Waals surface area contributed by atoms with Gasteiger partial charge in [-0.3, -0.25) is 9.59 Å². The number of ketones is 1. The average Bonchev–Trinajstić information content (AvgIpc) is 2.87. The predicted molar refractivity (Wildman–Crippen MR) is 106 cm³/mol. The molecule has 1 unspecified atom stereocenters. The van der Waals surface area contributed by atoms with Crippen LogP contribution in [0.2, 0.25) is 0 Å². The normalized spacial score (nSPS) is 17.1. The largest absolute Gasteiger partial charge is 0.503 e. The molecule has 1 atom stereocenters. The molecule has 1 amide bonds. The van der Waals surface area contributed by atoms with Crippen LogP contribution in [0.3, 0.4) is 0 Å². The summed E-state index contributed by atoms with van der Waals surface area (Å²) < 4.78 is 5.70. The van der Waals surface area contributed by atoms with Crippen LogP contribution in [-0.4, -0.2) is 34.8 Å². The van der Waals surface area contributed by atoms with E-state index in [0.717, 1.165) is 30.6 Å². The fraction of sp³-hybridized carbons (Fsp3) is 0.545. The molecule has 2 rings (SSSR count). The number of nitrogens with zero attached hydrogens (tertiary/aromatic N) is 1. The molecule has 148 valence electrons. The van der Waals surface area contributed by atoms with Gasteiger partial charge in [0.1, 0.15) is 5.75 Å². The number of carbonyl (C=O) groups is 2. The molecule has 5 heteroatoms. The first-order valence-electron chi connectivity index (χ1n) is 9.90. The number of aliphatic hydroxyl groups is 1. The summed E-state index contributed by atoms with van der Waals surface area (Å²) in [6, 6.07) is 6.94. The molecule has 27 heavy (non-hydrogen) atoms. The Hall–Kier alpha value is -2.30. The smallest absolute Gasteiger partial charge is 0.290 e. The fourth-order valence-corrected chi connectivity index (χ4v) is 3.32. The van der Waals surface area contributed by atoms with Crippen molar-refractivity contribution in [3.05, 3.63) is 41.2 Å². The highest BCUT2D eigenvalue weighted by Gasteiger charge is 2.42. The van der Waals surface area contributed by atoms with E-state index in [0.29, 0.717) is 19.6 Å². The van der Waals surface area contributed by atoms with E-state index < -0.39 is 17.7 Å². The van der Waals surface area contributed by atoms with E-state index in [1.165, 1.54) is 0 Å². The Morgan fingerprint density at radius 2 is 1.85 bits per heavy atom. The molecule has 0 bridgehead atoms. The van der Waals surface area contributed by atoms with E-state index >= 15 is 0 Å². The fourth-order valence-electron chi connectivity index (χ4n) is 3.32. The number of aliphatic hydroxyl groups excluding tert-OH is 1. The maximum atomic E-state index is 12.8. The van der Waals surface area contributed by atoms with Gasteiger partial charge in [0.25, 0.3) is 5.91 Å². The molecular weight excluding hydrogens is 342 g/mol. The highest BCUT2D eigenvalue weighted by molar-refractivity contribution is 6.09. The van der Waals surface area contributed by atoms with Crippen molar-refractivity contribution in [3.63, 3.8) is 0 Å². The van der Waals surface area contributed by atoms with Gasteiger partial charge in [-0.25, -0.2) is 0 Å². The summed E-state index contributed by atoms with van der Waals surface area (Å²) >= 11 is 0. The molecule has 0 saturated carbocycles. The molecule has 1 aliphatic heterocycles. The summed E-state index contributed by atoms with van der Waals surface area (Å²) in [5, 5.41) is 10.4. The summed E-state index contributed by atoms with van der Waals surface area (Å²) in [5.74, 6) is -0.104. The van der Waals surface area contributed by atoms with Crippen molar-refractivity contribution in [2.24, 2.45) is 5.92 Å². The van der Waals surface area contributed by atoms with Gasteiger partial charge in [-0.2, -0.15) is 0 Å². The first-order chi connectivity index (χ1) is 12.9. The summed E-state index contributed by atoms with van der Waals surface area (Å²) in [5.41, 5.74) is 1.04. The number of rotatable bonds is 10. The van der Waals surface area contributed by atoms with Crippen molar-refractivity contribution in [3.8, 4) is 5.75 Å². The van der Waals surface area contributed by atoms with Gasteiger partial charge >= 0.3 is 0 Å². The molecule has 0 radical (unpaired) electrons. The second-order valence-corrected chi connectivity index (χ2v) is 7.46. The SMILES string of the molecule is CCCCOc1ccc(C2C(C(=O)CC(C)C)=C(O)C(=O)N2CCC)cc1. The number of hydrogen-bond acceptors (Lipinski definition) is 4. The molecular formula is C22H31NO4. The Balaban J connectivity index is 2.33. The lowest BCUT2D eigenvalue weighted by Crippen LogP contribution is -2.31. The van der Waals surface area contributed by atoms with Crippen LogP contribution in [0.1, 0.15) is 65.0 Å². The van der Waals surface area contributed by atoms with E-state index in [1.54, 1.807) is 4.90 Å².